The van der Waals surface area contributed by atoms with Crippen molar-refractivity contribution < 1.29 is 0 Å². The van der Waals surface area contributed by atoms with Gasteiger partial charge in [-0.15, -0.1) is 5.10 Å². The molecule has 2 heterocycles. The van der Waals surface area contributed by atoms with Crippen molar-refractivity contribution in [3.63, 3.8) is 0 Å². The van der Waals surface area contributed by atoms with Gasteiger partial charge < -0.3 is 4.57 Å². The van der Waals surface area contributed by atoms with Gasteiger partial charge in [-0.2, -0.15) is 0 Å². The van der Waals surface area contributed by atoms with Crippen molar-refractivity contribution in [2.45, 2.75) is 13.8 Å². The summed E-state index contributed by atoms with van der Waals surface area (Å²) >= 11 is 0. The van der Waals surface area contributed by atoms with Gasteiger partial charge in [-0.25, -0.2) is 10.1 Å². The van der Waals surface area contributed by atoms with Crippen LogP contribution in [0.15, 0.2) is 11.1 Å². The first-order valence-corrected chi connectivity index (χ1v) is 4.01. The van der Waals surface area contributed by atoms with E-state index in [1.165, 1.54) is 6.33 Å². The van der Waals surface area contributed by atoms with E-state index in [4.69, 9.17) is 0 Å². The lowest BCUT2D eigenvalue weighted by atomic mass is 10.6. The SMILES string of the molecule is CC.Cn1cnc2nn[nH]c(=O)c21. The molecule has 13 heavy (non-hydrogen) atoms. The lowest BCUT2D eigenvalue weighted by Crippen LogP contribution is -2.11. The summed E-state index contributed by atoms with van der Waals surface area (Å²) in [5, 5.41) is 9.21. The Balaban J connectivity index is 0.000000396. The maximum atomic E-state index is 11.0. The van der Waals surface area contributed by atoms with Crippen LogP contribution in [-0.4, -0.2) is 25.0 Å². The third kappa shape index (κ3) is 1.56. The molecule has 0 aliphatic rings. The van der Waals surface area contributed by atoms with Gasteiger partial charge in [-0.3, -0.25) is 4.79 Å². The molecule has 2 aromatic heterocycles. The Morgan fingerprint density at radius 2 is 2.15 bits per heavy atom. The van der Waals surface area contributed by atoms with E-state index >= 15 is 0 Å². The number of fused-ring (bicyclic) bond motifs is 1. The Hall–Kier alpha value is -1.72. The van der Waals surface area contributed by atoms with Crippen LogP contribution in [0.2, 0.25) is 0 Å². The molecular formula is C7H11N5O. The second-order valence-corrected chi connectivity index (χ2v) is 2.17. The quantitative estimate of drug-likeness (QED) is 0.624. The molecule has 0 unspecified atom stereocenters. The Morgan fingerprint density at radius 1 is 1.46 bits per heavy atom. The van der Waals surface area contributed by atoms with Crippen molar-refractivity contribution in [1.29, 1.82) is 0 Å². The number of hydrogen-bond donors (Lipinski definition) is 1. The van der Waals surface area contributed by atoms with Crippen LogP contribution in [0.1, 0.15) is 13.8 Å². The van der Waals surface area contributed by atoms with Crippen molar-refractivity contribution in [2.75, 3.05) is 0 Å². The second kappa shape index (κ2) is 3.79. The van der Waals surface area contributed by atoms with Crippen LogP contribution in [0.25, 0.3) is 11.2 Å². The molecule has 0 aliphatic heterocycles. The highest BCUT2D eigenvalue weighted by Crippen LogP contribution is 1.98. The van der Waals surface area contributed by atoms with Gasteiger partial charge in [0.15, 0.2) is 5.52 Å². The van der Waals surface area contributed by atoms with Crippen LogP contribution in [0.5, 0.6) is 0 Å². The van der Waals surface area contributed by atoms with Crippen molar-refractivity contribution in [2.24, 2.45) is 7.05 Å². The summed E-state index contributed by atoms with van der Waals surface area (Å²) in [5.41, 5.74) is 0.547. The first-order chi connectivity index (χ1) is 6.29. The molecule has 0 radical (unpaired) electrons. The van der Waals surface area contributed by atoms with E-state index in [9.17, 15) is 4.79 Å². The van der Waals surface area contributed by atoms with Crippen LogP contribution >= 0.6 is 0 Å². The van der Waals surface area contributed by atoms with Crippen LogP contribution in [0.4, 0.5) is 0 Å². The van der Waals surface area contributed by atoms with Gasteiger partial charge in [-0.05, 0) is 0 Å². The summed E-state index contributed by atoms with van der Waals surface area (Å²) < 4.78 is 1.60. The number of nitrogens with zero attached hydrogens (tertiary/aromatic N) is 4. The summed E-state index contributed by atoms with van der Waals surface area (Å²) in [7, 11) is 1.73. The van der Waals surface area contributed by atoms with Crippen LogP contribution in [0.3, 0.4) is 0 Å². The highest BCUT2D eigenvalue weighted by molar-refractivity contribution is 5.67. The predicted octanol–water partition coefficient (Wildman–Crippen LogP) is 0.0778. The summed E-state index contributed by atoms with van der Waals surface area (Å²) in [6.45, 7) is 4.00. The van der Waals surface area contributed by atoms with E-state index in [1.54, 1.807) is 11.6 Å². The number of aryl methyl sites for hydroxylation is 1. The Bertz CT molecular complexity index is 443. The van der Waals surface area contributed by atoms with E-state index in [0.29, 0.717) is 11.2 Å². The fraction of sp³-hybridized carbons (Fsp3) is 0.429. The first kappa shape index (κ1) is 9.37. The zero-order chi connectivity index (χ0) is 9.84. The highest BCUT2D eigenvalue weighted by atomic mass is 16.1. The lowest BCUT2D eigenvalue weighted by molar-refractivity contribution is 0.855. The maximum Gasteiger partial charge on any atom is 0.293 e. The molecule has 1 N–H and O–H groups in total. The van der Waals surface area contributed by atoms with E-state index in [2.05, 4.69) is 20.4 Å². The van der Waals surface area contributed by atoms with Crippen LogP contribution in [0, 0.1) is 0 Å². The number of aromatic nitrogens is 5. The highest BCUT2D eigenvalue weighted by Gasteiger charge is 2.03. The smallest absolute Gasteiger partial charge is 0.293 e. The molecule has 2 aromatic rings. The number of hydrogen-bond acceptors (Lipinski definition) is 4. The summed E-state index contributed by atoms with van der Waals surface area (Å²) in [5.74, 6) is 0. The van der Waals surface area contributed by atoms with Crippen molar-refractivity contribution >= 4 is 11.2 Å². The van der Waals surface area contributed by atoms with E-state index < -0.39 is 0 Å². The van der Waals surface area contributed by atoms with Gasteiger partial charge in [0.2, 0.25) is 5.65 Å². The third-order valence-corrected chi connectivity index (χ3v) is 1.43. The predicted molar refractivity (Wildman–Crippen MR) is 48.3 cm³/mol. The van der Waals surface area contributed by atoms with Gasteiger partial charge in [0.1, 0.15) is 0 Å². The fourth-order valence-corrected chi connectivity index (χ4v) is 0.924. The summed E-state index contributed by atoms with van der Waals surface area (Å²) in [4.78, 5) is 14.9. The molecule has 0 aliphatic carbocycles. The first-order valence-electron chi connectivity index (χ1n) is 4.01. The van der Waals surface area contributed by atoms with E-state index in [1.807, 2.05) is 13.8 Å². The second-order valence-electron chi connectivity index (χ2n) is 2.17. The number of nitrogens with one attached hydrogen (secondary N) is 1. The minimum Gasteiger partial charge on any atom is -0.328 e. The minimum atomic E-state index is -0.269. The molecule has 2 rings (SSSR count). The molecule has 0 fully saturated rings. The molecular weight excluding hydrogens is 170 g/mol. The zero-order valence-electron chi connectivity index (χ0n) is 7.77. The van der Waals surface area contributed by atoms with Crippen molar-refractivity contribution in [1.82, 2.24) is 25.0 Å². The van der Waals surface area contributed by atoms with Gasteiger partial charge in [-0.1, -0.05) is 19.1 Å². The number of aromatic amines is 1. The molecule has 0 saturated heterocycles. The minimum absolute atomic E-state index is 0.269. The zero-order valence-corrected chi connectivity index (χ0v) is 7.77. The Labute approximate surface area is 74.6 Å². The average molecular weight is 181 g/mol. The molecule has 0 bridgehead atoms. The van der Waals surface area contributed by atoms with Crippen molar-refractivity contribution in [3.05, 3.63) is 16.7 Å². The van der Waals surface area contributed by atoms with Crippen LogP contribution in [-0.2, 0) is 7.05 Å². The Kier molecular flexibility index (Phi) is 2.73. The lowest BCUT2D eigenvalue weighted by Gasteiger charge is -1.87. The van der Waals surface area contributed by atoms with Crippen LogP contribution < -0.4 is 5.56 Å². The third-order valence-electron chi connectivity index (χ3n) is 1.43. The molecule has 0 amide bonds. The average Bonchev–Trinajstić information content (AvgIpc) is 2.53. The Morgan fingerprint density at radius 3 is 2.77 bits per heavy atom. The number of rotatable bonds is 0. The topological polar surface area (TPSA) is 76.5 Å². The largest absolute Gasteiger partial charge is 0.328 e. The fourth-order valence-electron chi connectivity index (χ4n) is 0.924. The van der Waals surface area contributed by atoms with Crippen molar-refractivity contribution in [3.8, 4) is 0 Å². The van der Waals surface area contributed by atoms with Gasteiger partial charge in [0.05, 0.1) is 6.33 Å². The monoisotopic (exact) mass is 181 g/mol. The molecule has 70 valence electrons. The number of H-pyrrole nitrogens is 1. The summed E-state index contributed by atoms with van der Waals surface area (Å²) in [6, 6.07) is 0. The van der Waals surface area contributed by atoms with Gasteiger partial charge in [0, 0.05) is 7.05 Å². The molecule has 0 spiro atoms. The molecule has 0 saturated carbocycles. The van der Waals surface area contributed by atoms with Gasteiger partial charge in [0.25, 0.3) is 5.56 Å². The van der Waals surface area contributed by atoms with Gasteiger partial charge >= 0.3 is 0 Å². The molecule has 0 aromatic carbocycles. The van der Waals surface area contributed by atoms with E-state index in [-0.39, 0.29) is 5.56 Å². The molecule has 6 heteroatoms. The maximum absolute atomic E-state index is 11.0. The van der Waals surface area contributed by atoms with E-state index in [0.717, 1.165) is 0 Å². The normalized spacial score (nSPS) is 9.46. The summed E-state index contributed by atoms with van der Waals surface area (Å²) in [6.07, 6.45) is 1.52. The molecule has 0 atom stereocenters. The standard InChI is InChI=1S/C5H5N5O.C2H6/c1-10-2-6-4-3(10)5(11)8-9-7-4;1-2/h2H,1H3,(H,7,8,11);1-2H3. The molecule has 6 nitrogen and oxygen atoms in total. The number of imidazole rings is 1.